The van der Waals surface area contributed by atoms with Crippen LogP contribution in [0, 0.1) is 6.92 Å². The SMILES string of the molecule is Cc1ccc2nc(CC(=O)O)c(N=Nc3ccccc3)n2c1. The average molecular weight is 294 g/mol. The highest BCUT2D eigenvalue weighted by atomic mass is 16.4. The summed E-state index contributed by atoms with van der Waals surface area (Å²) >= 11 is 0. The number of nitrogens with zero attached hydrogens (tertiary/aromatic N) is 4. The maximum Gasteiger partial charge on any atom is 0.309 e. The highest BCUT2D eigenvalue weighted by Gasteiger charge is 2.15. The highest BCUT2D eigenvalue weighted by molar-refractivity contribution is 5.72. The topological polar surface area (TPSA) is 79.3 Å². The number of aromatic nitrogens is 2. The molecule has 2 aromatic heterocycles. The average Bonchev–Trinajstić information content (AvgIpc) is 2.82. The predicted octanol–water partition coefficient (Wildman–Crippen LogP) is 3.69. The fourth-order valence-electron chi connectivity index (χ4n) is 2.15. The zero-order valence-electron chi connectivity index (χ0n) is 12.0. The second-order valence-electron chi connectivity index (χ2n) is 4.92. The number of azo groups is 1. The molecule has 2 heterocycles. The Hall–Kier alpha value is -3.02. The number of aryl methyl sites for hydroxylation is 1. The first kappa shape index (κ1) is 13.9. The Morgan fingerprint density at radius 2 is 1.95 bits per heavy atom. The van der Waals surface area contributed by atoms with E-state index in [4.69, 9.17) is 5.11 Å². The van der Waals surface area contributed by atoms with Gasteiger partial charge in [-0.3, -0.25) is 9.20 Å². The molecule has 3 aromatic rings. The highest BCUT2D eigenvalue weighted by Crippen LogP contribution is 2.25. The standard InChI is InChI=1S/C16H14N4O2/c1-11-7-8-14-17-13(9-15(21)22)16(20(14)10-11)19-18-12-5-3-2-4-6-12/h2-8,10H,9H2,1H3,(H,21,22). The molecular weight excluding hydrogens is 280 g/mol. The van der Waals surface area contributed by atoms with Crippen LogP contribution in [-0.2, 0) is 11.2 Å². The molecule has 1 N–H and O–H groups in total. The van der Waals surface area contributed by atoms with E-state index in [2.05, 4.69) is 15.2 Å². The number of pyridine rings is 1. The molecular formula is C16H14N4O2. The molecule has 0 saturated heterocycles. The molecule has 6 heteroatoms. The molecule has 0 saturated carbocycles. The van der Waals surface area contributed by atoms with E-state index in [1.165, 1.54) is 0 Å². The van der Waals surface area contributed by atoms with Crippen molar-refractivity contribution < 1.29 is 9.90 Å². The monoisotopic (exact) mass is 294 g/mol. The van der Waals surface area contributed by atoms with Gasteiger partial charge in [-0.25, -0.2) is 4.98 Å². The van der Waals surface area contributed by atoms with E-state index in [0.717, 1.165) is 5.56 Å². The summed E-state index contributed by atoms with van der Waals surface area (Å²) < 4.78 is 1.76. The zero-order chi connectivity index (χ0) is 15.5. The van der Waals surface area contributed by atoms with Crippen LogP contribution in [0.15, 0.2) is 58.9 Å². The third kappa shape index (κ3) is 2.85. The molecule has 0 aliphatic carbocycles. The minimum atomic E-state index is -0.948. The molecule has 0 aliphatic heterocycles. The van der Waals surface area contributed by atoms with Crippen LogP contribution in [0.3, 0.4) is 0 Å². The van der Waals surface area contributed by atoms with Crippen molar-refractivity contribution in [2.24, 2.45) is 10.2 Å². The lowest BCUT2D eigenvalue weighted by Crippen LogP contribution is -2.00. The fraction of sp³-hybridized carbons (Fsp3) is 0.125. The number of imidazole rings is 1. The van der Waals surface area contributed by atoms with Gasteiger partial charge in [-0.1, -0.05) is 24.3 Å². The second-order valence-corrected chi connectivity index (χ2v) is 4.92. The van der Waals surface area contributed by atoms with Crippen molar-refractivity contribution >= 4 is 23.1 Å². The maximum atomic E-state index is 11.0. The van der Waals surface area contributed by atoms with E-state index >= 15 is 0 Å². The minimum absolute atomic E-state index is 0.191. The second kappa shape index (κ2) is 5.77. The van der Waals surface area contributed by atoms with Gasteiger partial charge in [-0.05, 0) is 30.7 Å². The van der Waals surface area contributed by atoms with Crippen LogP contribution in [0.1, 0.15) is 11.3 Å². The predicted molar refractivity (Wildman–Crippen MR) is 81.9 cm³/mol. The first-order valence-corrected chi connectivity index (χ1v) is 6.79. The van der Waals surface area contributed by atoms with Crippen molar-refractivity contribution in [3.63, 3.8) is 0 Å². The summed E-state index contributed by atoms with van der Waals surface area (Å²) in [6.45, 7) is 1.95. The fourth-order valence-corrected chi connectivity index (χ4v) is 2.15. The van der Waals surface area contributed by atoms with Crippen LogP contribution in [-0.4, -0.2) is 20.5 Å². The lowest BCUT2D eigenvalue weighted by atomic mass is 10.3. The summed E-state index contributed by atoms with van der Waals surface area (Å²) in [6.07, 6.45) is 1.68. The third-order valence-electron chi connectivity index (χ3n) is 3.15. The number of fused-ring (bicyclic) bond motifs is 1. The van der Waals surface area contributed by atoms with Gasteiger partial charge in [0.15, 0.2) is 5.82 Å². The van der Waals surface area contributed by atoms with E-state index in [9.17, 15) is 4.79 Å². The van der Waals surface area contributed by atoms with Gasteiger partial charge in [0.25, 0.3) is 0 Å². The minimum Gasteiger partial charge on any atom is -0.481 e. The van der Waals surface area contributed by atoms with Crippen LogP contribution in [0.5, 0.6) is 0 Å². The molecule has 0 fully saturated rings. The van der Waals surface area contributed by atoms with Crippen molar-refractivity contribution in [2.75, 3.05) is 0 Å². The number of hydrogen-bond acceptors (Lipinski definition) is 4. The number of carboxylic acid groups (broad SMARTS) is 1. The van der Waals surface area contributed by atoms with Gasteiger partial charge in [0.1, 0.15) is 5.65 Å². The van der Waals surface area contributed by atoms with Crippen molar-refractivity contribution in [3.05, 3.63) is 59.9 Å². The Kier molecular flexibility index (Phi) is 3.65. The van der Waals surface area contributed by atoms with Gasteiger partial charge in [0.05, 0.1) is 17.8 Å². The van der Waals surface area contributed by atoms with Crippen LogP contribution < -0.4 is 0 Å². The molecule has 3 rings (SSSR count). The molecule has 0 unspecified atom stereocenters. The van der Waals surface area contributed by atoms with Gasteiger partial charge in [-0.2, -0.15) is 0 Å². The Morgan fingerprint density at radius 1 is 1.18 bits per heavy atom. The van der Waals surface area contributed by atoms with Gasteiger partial charge < -0.3 is 5.11 Å². The molecule has 0 radical (unpaired) electrons. The number of carboxylic acids is 1. The molecule has 0 atom stereocenters. The molecule has 22 heavy (non-hydrogen) atoms. The van der Waals surface area contributed by atoms with Crippen molar-refractivity contribution in [3.8, 4) is 0 Å². The smallest absolute Gasteiger partial charge is 0.309 e. The summed E-state index contributed by atoms with van der Waals surface area (Å²) in [5.74, 6) is -0.499. The molecule has 1 aromatic carbocycles. The first-order chi connectivity index (χ1) is 10.6. The van der Waals surface area contributed by atoms with Gasteiger partial charge in [-0.15, -0.1) is 10.2 Å². The van der Waals surface area contributed by atoms with Crippen LogP contribution in [0.2, 0.25) is 0 Å². The van der Waals surface area contributed by atoms with Gasteiger partial charge in [0, 0.05) is 6.20 Å². The van der Waals surface area contributed by atoms with E-state index in [1.54, 1.807) is 4.40 Å². The maximum absolute atomic E-state index is 11.0. The van der Waals surface area contributed by atoms with E-state index in [1.807, 2.05) is 55.6 Å². The quantitative estimate of drug-likeness (QED) is 0.745. The zero-order valence-corrected chi connectivity index (χ0v) is 12.0. The summed E-state index contributed by atoms with van der Waals surface area (Å²) in [5, 5.41) is 17.4. The summed E-state index contributed by atoms with van der Waals surface area (Å²) in [6, 6.07) is 13.0. The number of aliphatic carboxylic acids is 1. The molecule has 0 spiro atoms. The largest absolute Gasteiger partial charge is 0.481 e. The third-order valence-corrected chi connectivity index (χ3v) is 3.15. The van der Waals surface area contributed by atoms with E-state index < -0.39 is 5.97 Å². The number of carbonyl (C=O) groups is 1. The van der Waals surface area contributed by atoms with E-state index in [0.29, 0.717) is 22.8 Å². The molecule has 0 amide bonds. The summed E-state index contributed by atoms with van der Waals surface area (Å²) in [7, 11) is 0. The van der Waals surface area contributed by atoms with Crippen molar-refractivity contribution in [1.82, 2.24) is 9.38 Å². The van der Waals surface area contributed by atoms with Gasteiger partial charge >= 0.3 is 5.97 Å². The molecule has 6 nitrogen and oxygen atoms in total. The van der Waals surface area contributed by atoms with Crippen molar-refractivity contribution in [2.45, 2.75) is 13.3 Å². The summed E-state index contributed by atoms with van der Waals surface area (Å²) in [4.78, 5) is 15.4. The van der Waals surface area contributed by atoms with Gasteiger partial charge in [0.2, 0.25) is 0 Å². The number of hydrogen-bond donors (Lipinski definition) is 1. The Balaban J connectivity index is 2.10. The van der Waals surface area contributed by atoms with Crippen LogP contribution >= 0.6 is 0 Å². The Bertz CT molecular complexity index is 853. The number of rotatable bonds is 4. The van der Waals surface area contributed by atoms with E-state index in [-0.39, 0.29) is 6.42 Å². The normalized spacial score (nSPS) is 11.3. The lowest BCUT2D eigenvalue weighted by molar-refractivity contribution is -0.136. The lowest BCUT2D eigenvalue weighted by Gasteiger charge is -1.99. The van der Waals surface area contributed by atoms with Crippen LogP contribution in [0.4, 0.5) is 11.5 Å². The first-order valence-electron chi connectivity index (χ1n) is 6.79. The van der Waals surface area contributed by atoms with Crippen molar-refractivity contribution in [1.29, 1.82) is 0 Å². The summed E-state index contributed by atoms with van der Waals surface area (Å²) in [5.41, 5.74) is 2.79. The number of benzene rings is 1. The van der Waals surface area contributed by atoms with Crippen LogP contribution in [0.25, 0.3) is 5.65 Å². The Labute approximate surface area is 126 Å². The molecule has 0 bridgehead atoms. The molecule has 0 aliphatic rings. The Morgan fingerprint density at radius 3 is 2.68 bits per heavy atom. The molecule has 110 valence electrons.